The Labute approximate surface area is 208 Å². The van der Waals surface area contributed by atoms with Gasteiger partial charge in [-0.05, 0) is 44.9 Å². The molecule has 0 saturated carbocycles. The SMILES string of the molecule is CCNC(=NCc1ccccc1CN1CCOCC1)NCC(C)(O)c1cc(C)oc1C.I. The highest BCUT2D eigenvalue weighted by molar-refractivity contribution is 14.0. The van der Waals surface area contributed by atoms with Gasteiger partial charge >= 0.3 is 0 Å². The van der Waals surface area contributed by atoms with E-state index in [2.05, 4.69) is 39.8 Å². The van der Waals surface area contributed by atoms with Crippen molar-refractivity contribution in [2.24, 2.45) is 4.99 Å². The van der Waals surface area contributed by atoms with Crippen LogP contribution >= 0.6 is 24.0 Å². The second-order valence-electron chi connectivity index (χ2n) is 8.31. The number of aliphatic hydroxyl groups is 1. The Morgan fingerprint density at radius 1 is 1.16 bits per heavy atom. The van der Waals surface area contributed by atoms with Gasteiger partial charge in [0.25, 0.3) is 0 Å². The molecule has 0 amide bonds. The molecule has 1 aromatic heterocycles. The number of hydrogen-bond donors (Lipinski definition) is 3. The van der Waals surface area contributed by atoms with Gasteiger partial charge in [-0.25, -0.2) is 4.99 Å². The lowest BCUT2D eigenvalue weighted by Crippen LogP contribution is -2.44. The van der Waals surface area contributed by atoms with Crippen LogP contribution in [0.4, 0.5) is 0 Å². The van der Waals surface area contributed by atoms with Crippen LogP contribution in [0.3, 0.4) is 0 Å². The minimum Gasteiger partial charge on any atom is -0.466 e. The fraction of sp³-hybridized carbons (Fsp3) is 0.542. The maximum Gasteiger partial charge on any atom is 0.191 e. The summed E-state index contributed by atoms with van der Waals surface area (Å²) in [6.45, 7) is 13.7. The molecular formula is C24H37IN4O3. The lowest BCUT2D eigenvalue weighted by atomic mass is 9.96. The van der Waals surface area contributed by atoms with Crippen molar-refractivity contribution >= 4 is 29.9 Å². The van der Waals surface area contributed by atoms with Crippen LogP contribution in [0.15, 0.2) is 39.7 Å². The van der Waals surface area contributed by atoms with Crippen molar-refractivity contribution in [3.63, 3.8) is 0 Å². The fourth-order valence-electron chi connectivity index (χ4n) is 3.89. The third-order valence-corrected chi connectivity index (χ3v) is 5.59. The van der Waals surface area contributed by atoms with Gasteiger partial charge in [0.05, 0.1) is 26.3 Å². The van der Waals surface area contributed by atoms with E-state index in [0.717, 1.165) is 56.5 Å². The molecule has 7 nitrogen and oxygen atoms in total. The van der Waals surface area contributed by atoms with E-state index in [1.807, 2.05) is 26.8 Å². The van der Waals surface area contributed by atoms with Crippen LogP contribution in [0, 0.1) is 13.8 Å². The molecule has 8 heteroatoms. The molecule has 0 aliphatic carbocycles. The first-order valence-corrected chi connectivity index (χ1v) is 11.1. The molecule has 32 heavy (non-hydrogen) atoms. The van der Waals surface area contributed by atoms with E-state index >= 15 is 0 Å². The number of benzene rings is 1. The second kappa shape index (κ2) is 12.6. The Balaban J connectivity index is 0.00000363. The van der Waals surface area contributed by atoms with Gasteiger partial charge in [0.1, 0.15) is 17.1 Å². The van der Waals surface area contributed by atoms with Crippen LogP contribution in [0.2, 0.25) is 0 Å². The maximum absolute atomic E-state index is 11.0. The van der Waals surface area contributed by atoms with Crippen LogP contribution in [0.25, 0.3) is 0 Å². The van der Waals surface area contributed by atoms with Gasteiger partial charge in [-0.15, -0.1) is 24.0 Å². The minimum absolute atomic E-state index is 0. The van der Waals surface area contributed by atoms with Crippen molar-refractivity contribution in [1.82, 2.24) is 15.5 Å². The van der Waals surface area contributed by atoms with Crippen LogP contribution in [0.1, 0.15) is 42.1 Å². The summed E-state index contributed by atoms with van der Waals surface area (Å²) in [5.74, 6) is 2.22. The number of aryl methyl sites for hydroxylation is 2. The van der Waals surface area contributed by atoms with Crippen molar-refractivity contribution in [1.29, 1.82) is 0 Å². The van der Waals surface area contributed by atoms with E-state index in [1.165, 1.54) is 11.1 Å². The van der Waals surface area contributed by atoms with Crippen molar-refractivity contribution in [2.45, 2.75) is 46.4 Å². The first kappa shape index (κ1) is 26.6. The molecule has 1 aromatic carbocycles. The van der Waals surface area contributed by atoms with E-state index in [-0.39, 0.29) is 24.0 Å². The van der Waals surface area contributed by atoms with Crippen molar-refractivity contribution < 1.29 is 14.3 Å². The third-order valence-electron chi connectivity index (χ3n) is 5.59. The smallest absolute Gasteiger partial charge is 0.191 e. The van der Waals surface area contributed by atoms with Crippen molar-refractivity contribution in [3.05, 3.63) is 58.5 Å². The number of nitrogens with one attached hydrogen (secondary N) is 2. The van der Waals surface area contributed by atoms with Crippen LogP contribution in [0.5, 0.6) is 0 Å². The zero-order chi connectivity index (χ0) is 22.3. The highest BCUT2D eigenvalue weighted by Gasteiger charge is 2.28. The number of nitrogens with zero attached hydrogens (tertiary/aromatic N) is 2. The molecule has 2 heterocycles. The predicted octanol–water partition coefficient (Wildman–Crippen LogP) is 3.31. The second-order valence-corrected chi connectivity index (χ2v) is 8.31. The summed E-state index contributed by atoms with van der Waals surface area (Å²) in [6.07, 6.45) is 0. The first-order chi connectivity index (χ1) is 14.9. The summed E-state index contributed by atoms with van der Waals surface area (Å²) in [5.41, 5.74) is 2.23. The van der Waals surface area contributed by atoms with E-state index in [9.17, 15) is 5.11 Å². The fourth-order valence-corrected chi connectivity index (χ4v) is 3.89. The number of ether oxygens (including phenoxy) is 1. The van der Waals surface area contributed by atoms with Gasteiger partial charge < -0.3 is 24.9 Å². The summed E-state index contributed by atoms with van der Waals surface area (Å²) in [5, 5.41) is 17.5. The number of morpholine rings is 1. The predicted molar refractivity (Wildman–Crippen MR) is 139 cm³/mol. The number of halogens is 1. The number of guanidine groups is 1. The molecule has 1 atom stereocenters. The average molecular weight is 556 g/mol. The first-order valence-electron chi connectivity index (χ1n) is 11.1. The molecule has 3 rings (SSSR count). The Kier molecular flexibility index (Phi) is 10.5. The molecule has 2 aromatic rings. The Morgan fingerprint density at radius 3 is 2.47 bits per heavy atom. The van der Waals surface area contributed by atoms with E-state index in [4.69, 9.17) is 14.1 Å². The number of furan rings is 1. The molecule has 1 unspecified atom stereocenters. The monoisotopic (exact) mass is 556 g/mol. The molecule has 1 aliphatic rings. The number of rotatable bonds is 8. The Bertz CT molecular complexity index is 876. The molecule has 178 valence electrons. The van der Waals surface area contributed by atoms with Gasteiger partial charge in [-0.2, -0.15) is 0 Å². The summed E-state index contributed by atoms with van der Waals surface area (Å²) >= 11 is 0. The van der Waals surface area contributed by atoms with Crippen LogP contribution in [-0.2, 0) is 23.4 Å². The normalized spacial score (nSPS) is 16.8. The largest absolute Gasteiger partial charge is 0.466 e. The minimum atomic E-state index is -1.06. The van der Waals surface area contributed by atoms with Gasteiger partial charge in [0, 0.05) is 31.7 Å². The van der Waals surface area contributed by atoms with Gasteiger partial charge in [0.15, 0.2) is 5.96 Å². The molecule has 3 N–H and O–H groups in total. The standard InChI is InChI=1S/C24H36N4O3.HI/c1-5-25-23(27-17-24(4,29)22-14-18(2)31-19(22)3)26-15-20-8-6-7-9-21(20)16-28-10-12-30-13-11-28;/h6-9,14,29H,5,10-13,15-17H2,1-4H3,(H2,25,26,27);1H. The summed E-state index contributed by atoms with van der Waals surface area (Å²) in [4.78, 5) is 7.20. The summed E-state index contributed by atoms with van der Waals surface area (Å²) in [7, 11) is 0. The Morgan fingerprint density at radius 2 is 1.84 bits per heavy atom. The number of hydrogen-bond acceptors (Lipinski definition) is 5. The topological polar surface area (TPSA) is 82.3 Å². The lowest BCUT2D eigenvalue weighted by Gasteiger charge is -2.27. The third kappa shape index (κ3) is 7.47. The van der Waals surface area contributed by atoms with E-state index < -0.39 is 5.60 Å². The summed E-state index contributed by atoms with van der Waals surface area (Å²) < 4.78 is 11.1. The molecular weight excluding hydrogens is 519 g/mol. The summed E-state index contributed by atoms with van der Waals surface area (Å²) in [6, 6.07) is 10.3. The van der Waals surface area contributed by atoms with Crippen molar-refractivity contribution in [2.75, 3.05) is 39.4 Å². The van der Waals surface area contributed by atoms with Crippen molar-refractivity contribution in [3.8, 4) is 0 Å². The molecule has 1 fully saturated rings. The molecule has 1 aliphatic heterocycles. The molecule has 0 spiro atoms. The Hall–Kier alpha value is -1.62. The zero-order valence-electron chi connectivity index (χ0n) is 19.6. The van der Waals surface area contributed by atoms with Crippen LogP contribution in [-0.4, -0.2) is 55.4 Å². The molecule has 0 bridgehead atoms. The molecule has 0 radical (unpaired) electrons. The maximum atomic E-state index is 11.0. The van der Waals surface area contributed by atoms with E-state index in [0.29, 0.717) is 19.0 Å². The molecule has 1 saturated heterocycles. The quantitative estimate of drug-likeness (QED) is 0.263. The highest BCUT2D eigenvalue weighted by atomic mass is 127. The van der Waals surface area contributed by atoms with E-state index in [1.54, 1.807) is 6.92 Å². The average Bonchev–Trinajstić information content (AvgIpc) is 3.11. The highest BCUT2D eigenvalue weighted by Crippen LogP contribution is 2.26. The van der Waals surface area contributed by atoms with Crippen LogP contribution < -0.4 is 10.6 Å². The van der Waals surface area contributed by atoms with Gasteiger partial charge in [-0.3, -0.25) is 4.90 Å². The number of aliphatic imine (C=N–C) groups is 1. The van der Waals surface area contributed by atoms with Gasteiger partial charge in [-0.1, -0.05) is 24.3 Å². The zero-order valence-corrected chi connectivity index (χ0v) is 21.9. The lowest BCUT2D eigenvalue weighted by molar-refractivity contribution is 0.0341. The van der Waals surface area contributed by atoms with Gasteiger partial charge in [0.2, 0.25) is 0 Å².